The van der Waals surface area contributed by atoms with Crippen LogP contribution in [0.3, 0.4) is 0 Å². The predicted octanol–water partition coefficient (Wildman–Crippen LogP) is 0.461. The van der Waals surface area contributed by atoms with Crippen LogP contribution in [-0.4, -0.2) is 34.4 Å². The Morgan fingerprint density at radius 2 is 1.65 bits per heavy atom. The van der Waals surface area contributed by atoms with Crippen molar-refractivity contribution >= 4 is 29.3 Å². The molecule has 5 heteroatoms. The summed E-state index contributed by atoms with van der Waals surface area (Å²) in [5.74, 6) is 1.16. The number of benzene rings is 2. The molecule has 1 N–H and O–H groups in total. The summed E-state index contributed by atoms with van der Waals surface area (Å²) in [6, 6.07) is 13.8. The van der Waals surface area contributed by atoms with Crippen LogP contribution in [0.2, 0.25) is 0 Å². The van der Waals surface area contributed by atoms with Crippen molar-refractivity contribution in [2.75, 3.05) is 0 Å². The molecule has 0 radical (unpaired) electrons. The minimum atomic E-state index is -0.0459. The van der Waals surface area contributed by atoms with Crippen molar-refractivity contribution in [2.24, 2.45) is 0 Å². The monoisotopic (exact) mass is 346 g/mol. The zero-order chi connectivity index (χ0) is 13.4. The molecule has 0 bridgehead atoms. The summed E-state index contributed by atoms with van der Waals surface area (Å²) in [5.41, 5.74) is 0.216. The van der Waals surface area contributed by atoms with E-state index in [1.54, 1.807) is 13.0 Å². The first-order chi connectivity index (χ1) is 8.79. The van der Waals surface area contributed by atoms with Gasteiger partial charge in [0.05, 0.1) is 5.56 Å². The second-order valence-electron chi connectivity index (χ2n) is 3.25. The molecule has 0 amide bonds. The number of phenolic OH excluding ortho intramolecular Hbond substituents is 1. The van der Waals surface area contributed by atoms with Gasteiger partial charge in [0.2, 0.25) is 0 Å². The van der Waals surface area contributed by atoms with Gasteiger partial charge in [0.15, 0.2) is 6.29 Å². The molecule has 0 aromatic heterocycles. The van der Waals surface area contributed by atoms with E-state index in [4.69, 9.17) is 4.74 Å². The molecular weight excluding hydrogens is 332 g/mol. The summed E-state index contributed by atoms with van der Waals surface area (Å²) in [4.78, 5) is 10.6. The third-order valence-electron chi connectivity index (χ3n) is 2.10. The Morgan fingerprint density at radius 1 is 1.05 bits per heavy atom. The van der Waals surface area contributed by atoms with Gasteiger partial charge < -0.3 is 33.7 Å². The molecule has 0 fully saturated rings. The van der Waals surface area contributed by atoms with Crippen molar-refractivity contribution in [1.82, 2.24) is 0 Å². The summed E-state index contributed by atoms with van der Waals surface area (Å²) in [6.07, 6.45) is 0.590. The third-order valence-corrected chi connectivity index (χ3v) is 2.10. The molecule has 20 heavy (non-hydrogen) atoms. The molecule has 0 spiro atoms. The van der Waals surface area contributed by atoms with E-state index >= 15 is 0 Å². The van der Waals surface area contributed by atoms with Crippen molar-refractivity contribution in [2.45, 2.75) is 6.92 Å². The molecule has 2 rings (SSSR count). The summed E-state index contributed by atoms with van der Waals surface area (Å²) >= 11 is 0. The number of carbonyl (C=O) groups excluding carboxylic acids is 1. The standard InChI is InChI=1S/C13H10O3.C2H5.BrH.Mg/c14-9-10-8-12(6-7-13(10)15)16-11-4-2-1-3-5-11;1-2;;/h1-9,15H;1H2,2H3;1H;/q;-1;;+2/p-1. The van der Waals surface area contributed by atoms with E-state index in [0.717, 1.165) is 0 Å². The second-order valence-corrected chi connectivity index (χ2v) is 3.25. The largest absolute Gasteiger partial charge is 2.00 e. The Hall–Kier alpha value is -1.04. The van der Waals surface area contributed by atoms with Gasteiger partial charge in [0.25, 0.3) is 0 Å². The maximum absolute atomic E-state index is 10.6. The van der Waals surface area contributed by atoms with Crippen LogP contribution in [0, 0.1) is 6.92 Å². The fraction of sp³-hybridized carbons (Fsp3) is 0.0667. The Labute approximate surface area is 145 Å². The van der Waals surface area contributed by atoms with E-state index in [1.165, 1.54) is 12.1 Å². The Morgan fingerprint density at radius 3 is 2.20 bits per heavy atom. The van der Waals surface area contributed by atoms with Crippen LogP contribution in [-0.2, 0) is 0 Å². The van der Waals surface area contributed by atoms with Crippen LogP contribution in [0.4, 0.5) is 0 Å². The van der Waals surface area contributed by atoms with E-state index in [-0.39, 0.29) is 51.3 Å². The van der Waals surface area contributed by atoms with Gasteiger partial charge >= 0.3 is 23.1 Å². The predicted molar refractivity (Wildman–Crippen MR) is 76.8 cm³/mol. The number of aromatic hydroxyl groups is 1. The number of rotatable bonds is 3. The number of para-hydroxylation sites is 1. The number of hydrogen-bond donors (Lipinski definition) is 1. The van der Waals surface area contributed by atoms with Gasteiger partial charge in [0.1, 0.15) is 17.2 Å². The molecule has 0 aliphatic carbocycles. The molecule has 2 aromatic carbocycles. The summed E-state index contributed by atoms with van der Waals surface area (Å²) in [7, 11) is 0. The number of aldehydes is 1. The minimum Gasteiger partial charge on any atom is -1.00 e. The molecule has 0 aliphatic rings. The second kappa shape index (κ2) is 11.8. The van der Waals surface area contributed by atoms with Crippen LogP contribution in [0.5, 0.6) is 17.2 Å². The van der Waals surface area contributed by atoms with E-state index in [2.05, 4.69) is 6.92 Å². The van der Waals surface area contributed by atoms with Crippen LogP contribution >= 0.6 is 0 Å². The normalized spacial score (nSPS) is 8.10. The van der Waals surface area contributed by atoms with E-state index in [9.17, 15) is 9.90 Å². The van der Waals surface area contributed by atoms with Gasteiger partial charge in [-0.2, -0.15) is 6.92 Å². The van der Waals surface area contributed by atoms with Crippen molar-refractivity contribution in [3.63, 3.8) is 0 Å². The SMILES string of the molecule is O=Cc1cc(Oc2ccccc2)ccc1O.[Br-].[CH2-]C.[Mg+2]. The zero-order valence-corrected chi connectivity index (χ0v) is 14.3. The van der Waals surface area contributed by atoms with Crippen molar-refractivity contribution in [1.29, 1.82) is 0 Å². The fourth-order valence-electron chi connectivity index (χ4n) is 1.32. The molecule has 2 aromatic rings. The maximum Gasteiger partial charge on any atom is 2.00 e. The summed E-state index contributed by atoms with van der Waals surface area (Å²) in [6.45, 7) is 5.00. The Kier molecular flexibility index (Phi) is 12.5. The average Bonchev–Trinajstić information content (AvgIpc) is 2.44. The molecule has 0 saturated carbocycles. The number of halogens is 1. The third kappa shape index (κ3) is 6.41. The molecule has 0 heterocycles. The Balaban J connectivity index is 0. The zero-order valence-electron chi connectivity index (χ0n) is 11.3. The molecule has 102 valence electrons. The number of hydrogen-bond acceptors (Lipinski definition) is 3. The van der Waals surface area contributed by atoms with Crippen LogP contribution in [0.15, 0.2) is 48.5 Å². The number of carbonyl (C=O) groups is 1. The van der Waals surface area contributed by atoms with Crippen LogP contribution < -0.4 is 21.7 Å². The summed E-state index contributed by atoms with van der Waals surface area (Å²) < 4.78 is 5.51. The quantitative estimate of drug-likeness (QED) is 0.499. The smallest absolute Gasteiger partial charge is 1.00 e. The number of phenols is 1. The molecule has 0 atom stereocenters. The van der Waals surface area contributed by atoms with Gasteiger partial charge in [0, 0.05) is 0 Å². The summed E-state index contributed by atoms with van der Waals surface area (Å²) in [5, 5.41) is 9.31. The average molecular weight is 347 g/mol. The van der Waals surface area contributed by atoms with E-state index in [0.29, 0.717) is 17.8 Å². The van der Waals surface area contributed by atoms with E-state index in [1.807, 2.05) is 30.3 Å². The van der Waals surface area contributed by atoms with Crippen LogP contribution in [0.25, 0.3) is 0 Å². The van der Waals surface area contributed by atoms with Gasteiger partial charge in [-0.3, -0.25) is 4.79 Å². The number of ether oxygens (including phenoxy) is 1. The minimum absolute atomic E-state index is 0. The molecule has 0 aliphatic heterocycles. The molecule has 0 saturated heterocycles. The first-order valence-corrected chi connectivity index (χ1v) is 5.51. The molecule has 3 nitrogen and oxygen atoms in total. The van der Waals surface area contributed by atoms with Gasteiger partial charge in [-0.05, 0) is 30.3 Å². The first-order valence-electron chi connectivity index (χ1n) is 5.51. The van der Waals surface area contributed by atoms with Crippen LogP contribution in [0.1, 0.15) is 17.3 Å². The van der Waals surface area contributed by atoms with Crippen molar-refractivity contribution in [3.05, 3.63) is 61.0 Å². The van der Waals surface area contributed by atoms with Crippen molar-refractivity contribution < 1.29 is 31.6 Å². The van der Waals surface area contributed by atoms with Crippen molar-refractivity contribution in [3.8, 4) is 17.2 Å². The Bertz CT molecular complexity index is 504. The van der Waals surface area contributed by atoms with Gasteiger partial charge in [-0.15, -0.1) is 0 Å². The first kappa shape index (κ1) is 21.3. The van der Waals surface area contributed by atoms with Gasteiger partial charge in [-0.25, -0.2) is 0 Å². The fourth-order valence-corrected chi connectivity index (χ4v) is 1.32. The van der Waals surface area contributed by atoms with Gasteiger partial charge in [-0.1, -0.05) is 18.2 Å². The molecule has 0 unspecified atom stereocenters. The maximum atomic E-state index is 10.6. The topological polar surface area (TPSA) is 46.5 Å². The van der Waals surface area contributed by atoms with E-state index < -0.39 is 0 Å². The molecular formula is C15H15BrMgO3.